The van der Waals surface area contributed by atoms with Gasteiger partial charge in [0.1, 0.15) is 12.4 Å². The van der Waals surface area contributed by atoms with Crippen LogP contribution in [0, 0.1) is 0 Å². The molecule has 2 heterocycles. The normalized spacial score (nSPS) is 11.3. The van der Waals surface area contributed by atoms with E-state index in [2.05, 4.69) is 91.3 Å². The van der Waals surface area contributed by atoms with E-state index in [4.69, 9.17) is 14.8 Å². The van der Waals surface area contributed by atoms with E-state index >= 15 is 0 Å². The summed E-state index contributed by atoms with van der Waals surface area (Å²) in [6.07, 6.45) is 5.64. The van der Waals surface area contributed by atoms with E-state index in [9.17, 15) is 4.79 Å². The number of hydrogen-bond donors (Lipinski definition) is 2. The van der Waals surface area contributed by atoms with E-state index in [0.29, 0.717) is 19.1 Å². The summed E-state index contributed by atoms with van der Waals surface area (Å²) in [4.78, 5) is 17.1. The van der Waals surface area contributed by atoms with Crippen molar-refractivity contribution in [3.05, 3.63) is 118 Å². The minimum Gasteiger partial charge on any atom is -0.489 e. The fraction of sp³-hybridized carbons (Fsp3) is 0.297. The van der Waals surface area contributed by atoms with Gasteiger partial charge in [-0.1, -0.05) is 81.3 Å². The maximum Gasteiger partial charge on any atom is 0.317 e. The molecule has 0 saturated heterocycles. The number of aromatic nitrogens is 1. The number of hydrogen-bond acceptors (Lipinski definition) is 5. The van der Waals surface area contributed by atoms with Crippen molar-refractivity contribution >= 4 is 28.2 Å². The zero-order chi connectivity index (χ0) is 30.0. The van der Waals surface area contributed by atoms with Crippen molar-refractivity contribution in [3.8, 4) is 16.9 Å². The molecule has 43 heavy (non-hydrogen) atoms. The number of carboxylic acid groups (broad SMARTS) is 1. The summed E-state index contributed by atoms with van der Waals surface area (Å²) >= 11 is 1.74. The molecule has 2 N–H and O–H groups in total. The summed E-state index contributed by atoms with van der Waals surface area (Å²) in [6.45, 7) is 5.37. The Bertz CT molecular complexity index is 1620. The molecular weight excluding hydrogens is 552 g/mol. The molecular formula is C37H40N2O3S. The van der Waals surface area contributed by atoms with Crippen molar-refractivity contribution in [2.75, 3.05) is 6.54 Å². The predicted molar refractivity (Wildman–Crippen MR) is 177 cm³/mol. The number of thiophene rings is 1. The third-order valence-electron chi connectivity index (χ3n) is 7.80. The van der Waals surface area contributed by atoms with Gasteiger partial charge in [0.15, 0.2) is 0 Å². The lowest BCUT2D eigenvalue weighted by Gasteiger charge is -2.16. The number of carbonyl (C=O) groups is 1. The first kappa shape index (κ1) is 30.5. The first-order valence-corrected chi connectivity index (χ1v) is 16.1. The van der Waals surface area contributed by atoms with Gasteiger partial charge < -0.3 is 15.2 Å². The number of benzene rings is 3. The van der Waals surface area contributed by atoms with Crippen LogP contribution in [0.1, 0.15) is 72.7 Å². The predicted octanol–water partition coefficient (Wildman–Crippen LogP) is 8.99. The summed E-state index contributed by atoms with van der Waals surface area (Å²) in [6, 6.07) is 29.7. The number of nitrogens with one attached hydrogen (secondary N) is 1. The number of nitrogens with zero attached hydrogens (tertiary/aromatic N) is 1. The van der Waals surface area contributed by atoms with Crippen LogP contribution in [0.25, 0.3) is 22.0 Å². The van der Waals surface area contributed by atoms with Gasteiger partial charge in [0.25, 0.3) is 0 Å². The molecule has 5 aromatic rings. The van der Waals surface area contributed by atoms with Crippen LogP contribution in [0.3, 0.4) is 0 Å². The summed E-state index contributed by atoms with van der Waals surface area (Å²) in [5.74, 6) is 0.670. The minimum absolute atomic E-state index is 0.0943. The van der Waals surface area contributed by atoms with Crippen LogP contribution in [-0.2, 0) is 24.4 Å². The van der Waals surface area contributed by atoms with Gasteiger partial charge in [-0.25, -0.2) is 0 Å². The van der Waals surface area contributed by atoms with E-state index in [1.54, 1.807) is 11.3 Å². The maximum absolute atomic E-state index is 11.0. The molecule has 0 atom stereocenters. The molecule has 0 fully saturated rings. The fourth-order valence-electron chi connectivity index (χ4n) is 5.58. The largest absolute Gasteiger partial charge is 0.489 e. The second-order valence-corrected chi connectivity index (χ2v) is 12.1. The average Bonchev–Trinajstić information content (AvgIpc) is 3.49. The third kappa shape index (κ3) is 8.31. The molecule has 222 valence electrons. The fourth-order valence-corrected chi connectivity index (χ4v) is 6.49. The Hall–Kier alpha value is -4.00. The summed E-state index contributed by atoms with van der Waals surface area (Å²) in [5.41, 5.74) is 7.83. The van der Waals surface area contributed by atoms with Crippen molar-refractivity contribution in [3.63, 3.8) is 0 Å². The highest BCUT2D eigenvalue weighted by molar-refractivity contribution is 7.10. The quantitative estimate of drug-likeness (QED) is 0.127. The first-order valence-electron chi connectivity index (χ1n) is 15.2. The number of ether oxygens (including phenoxy) is 1. The topological polar surface area (TPSA) is 71.5 Å². The zero-order valence-electron chi connectivity index (χ0n) is 25.0. The Morgan fingerprint density at radius 2 is 1.67 bits per heavy atom. The van der Waals surface area contributed by atoms with Crippen molar-refractivity contribution < 1.29 is 14.6 Å². The molecule has 0 unspecified atom stereocenters. The van der Waals surface area contributed by atoms with Crippen LogP contribution < -0.4 is 10.1 Å². The Kier molecular flexibility index (Phi) is 10.6. The van der Waals surface area contributed by atoms with Gasteiger partial charge in [-0.15, -0.1) is 11.3 Å². The Morgan fingerprint density at radius 1 is 0.930 bits per heavy atom. The molecule has 0 radical (unpaired) electrons. The Labute approximate surface area is 258 Å². The highest BCUT2D eigenvalue weighted by Gasteiger charge is 2.12. The van der Waals surface area contributed by atoms with Gasteiger partial charge in [0.05, 0.1) is 17.8 Å². The van der Waals surface area contributed by atoms with Crippen LogP contribution in [0.5, 0.6) is 5.75 Å². The van der Waals surface area contributed by atoms with Crippen molar-refractivity contribution in [2.45, 2.75) is 65.0 Å². The molecule has 2 aromatic heterocycles. The summed E-state index contributed by atoms with van der Waals surface area (Å²) in [7, 11) is 0. The van der Waals surface area contributed by atoms with E-state index in [0.717, 1.165) is 39.9 Å². The molecule has 0 amide bonds. The van der Waals surface area contributed by atoms with Crippen molar-refractivity contribution in [2.24, 2.45) is 0 Å². The van der Waals surface area contributed by atoms with E-state index < -0.39 is 5.97 Å². The molecule has 0 saturated carbocycles. The number of pyridine rings is 1. The molecule has 0 bridgehead atoms. The van der Waals surface area contributed by atoms with Crippen molar-refractivity contribution in [1.82, 2.24) is 10.3 Å². The van der Waals surface area contributed by atoms with Gasteiger partial charge in [-0.05, 0) is 82.3 Å². The standard InChI is InChI=1S/C37H40N2O3S/c1-3-7-27(8-4-2)28-15-17-33(18-16-28)42-24-26-11-13-29(14-12-26)32-21-34(43-25-32)20-31-19-30-9-5-6-10-35(30)39-36(31)22-38-23-37(40)41/h5-6,9-19,21,25,27,38H,3-4,7-8,20,22-24H2,1-2H3,(H,40,41). The number of fused-ring (bicyclic) bond motifs is 1. The van der Waals surface area contributed by atoms with Gasteiger partial charge in [0, 0.05) is 23.2 Å². The molecule has 0 aliphatic carbocycles. The monoisotopic (exact) mass is 592 g/mol. The minimum atomic E-state index is -0.875. The second kappa shape index (κ2) is 14.9. The summed E-state index contributed by atoms with van der Waals surface area (Å²) < 4.78 is 6.10. The van der Waals surface area contributed by atoms with Crippen LogP contribution >= 0.6 is 11.3 Å². The number of carboxylic acids is 1. The average molecular weight is 593 g/mol. The molecule has 3 aromatic carbocycles. The van der Waals surface area contributed by atoms with E-state index in [1.807, 2.05) is 18.2 Å². The summed E-state index contributed by atoms with van der Waals surface area (Å²) in [5, 5.41) is 15.3. The SMILES string of the molecule is CCCC(CCC)c1ccc(OCc2ccc(-c3csc(Cc4cc5ccccc5nc4CNCC(=O)O)c3)cc2)cc1. The second-order valence-electron chi connectivity index (χ2n) is 11.1. The molecule has 6 heteroatoms. The van der Waals surface area contributed by atoms with Crippen molar-refractivity contribution in [1.29, 1.82) is 0 Å². The third-order valence-corrected chi connectivity index (χ3v) is 8.73. The molecule has 5 rings (SSSR count). The Balaban J connectivity index is 1.22. The maximum atomic E-state index is 11.0. The van der Waals surface area contributed by atoms with Crippen LogP contribution in [0.15, 0.2) is 90.3 Å². The lowest BCUT2D eigenvalue weighted by Crippen LogP contribution is -2.23. The number of rotatable bonds is 15. The molecule has 0 aliphatic rings. The lowest BCUT2D eigenvalue weighted by atomic mass is 9.90. The number of aliphatic carboxylic acids is 1. The van der Waals surface area contributed by atoms with Gasteiger partial charge in [-0.3, -0.25) is 9.78 Å². The Morgan fingerprint density at radius 3 is 2.40 bits per heavy atom. The zero-order valence-corrected chi connectivity index (χ0v) is 25.8. The highest BCUT2D eigenvalue weighted by Crippen LogP contribution is 2.30. The lowest BCUT2D eigenvalue weighted by molar-refractivity contribution is -0.136. The van der Waals surface area contributed by atoms with Crippen LogP contribution in [0.4, 0.5) is 0 Å². The molecule has 5 nitrogen and oxygen atoms in total. The van der Waals surface area contributed by atoms with Gasteiger partial charge in [0.2, 0.25) is 0 Å². The van der Waals surface area contributed by atoms with Crippen LogP contribution in [-0.4, -0.2) is 22.6 Å². The number of para-hydroxylation sites is 1. The smallest absolute Gasteiger partial charge is 0.317 e. The van der Waals surface area contributed by atoms with E-state index in [1.165, 1.54) is 47.3 Å². The molecule has 0 spiro atoms. The highest BCUT2D eigenvalue weighted by atomic mass is 32.1. The van der Waals surface area contributed by atoms with E-state index in [-0.39, 0.29) is 6.54 Å². The first-order chi connectivity index (χ1) is 21.0. The van der Waals surface area contributed by atoms with Gasteiger partial charge in [-0.2, -0.15) is 0 Å². The van der Waals surface area contributed by atoms with Gasteiger partial charge >= 0.3 is 5.97 Å². The molecule has 0 aliphatic heterocycles. The van der Waals surface area contributed by atoms with Crippen LogP contribution in [0.2, 0.25) is 0 Å².